The Balaban J connectivity index is 1.76. The molecule has 2 aromatic carbocycles. The normalized spacial score (nSPS) is 9.90. The number of ketones is 1. The number of isocyanates is 1. The fourth-order valence-electron chi connectivity index (χ4n) is 2.50. The van der Waals surface area contributed by atoms with E-state index in [-0.39, 0.29) is 31.3 Å². The minimum atomic E-state index is -0.470. The zero-order valence-electron chi connectivity index (χ0n) is 16.6. The van der Waals surface area contributed by atoms with Crippen LogP contribution in [-0.2, 0) is 19.1 Å². The highest BCUT2D eigenvalue weighted by atomic mass is 16.5. The molecule has 0 saturated carbocycles. The largest absolute Gasteiger partial charge is 0.494 e. The zero-order chi connectivity index (χ0) is 21.8. The molecular formula is C22H22N2O6. The highest BCUT2D eigenvalue weighted by molar-refractivity contribution is 6.09. The lowest BCUT2D eigenvalue weighted by molar-refractivity contribution is -0.143. The molecule has 0 heterocycles. The molecule has 156 valence electrons. The third-order valence-corrected chi connectivity index (χ3v) is 3.97. The second kappa shape index (κ2) is 11.9. The smallest absolute Gasteiger partial charge is 0.325 e. The summed E-state index contributed by atoms with van der Waals surface area (Å²) in [6.07, 6.45) is 2.15. The van der Waals surface area contributed by atoms with Crippen molar-refractivity contribution in [3.63, 3.8) is 0 Å². The Morgan fingerprint density at radius 1 is 1.00 bits per heavy atom. The summed E-state index contributed by atoms with van der Waals surface area (Å²) < 4.78 is 10.3. The maximum absolute atomic E-state index is 12.5. The van der Waals surface area contributed by atoms with Crippen LogP contribution in [0.1, 0.15) is 35.7 Å². The summed E-state index contributed by atoms with van der Waals surface area (Å²) in [6, 6.07) is 13.0. The average molecular weight is 410 g/mol. The molecule has 0 aromatic heterocycles. The highest BCUT2D eigenvalue weighted by Crippen LogP contribution is 2.18. The molecular weight excluding hydrogens is 388 g/mol. The summed E-state index contributed by atoms with van der Waals surface area (Å²) in [6.45, 7) is 2.15. The van der Waals surface area contributed by atoms with E-state index in [1.165, 1.54) is 6.08 Å². The van der Waals surface area contributed by atoms with E-state index in [1.54, 1.807) is 55.5 Å². The van der Waals surface area contributed by atoms with Gasteiger partial charge in [-0.1, -0.05) is 0 Å². The number of carbonyl (C=O) groups excluding carboxylic acids is 4. The number of amides is 1. The minimum absolute atomic E-state index is 0.143. The first-order chi connectivity index (χ1) is 14.5. The van der Waals surface area contributed by atoms with Crippen LogP contribution in [0.2, 0.25) is 0 Å². The molecule has 0 saturated heterocycles. The Kier molecular flexibility index (Phi) is 8.96. The number of hydrogen-bond donors (Lipinski definition) is 1. The van der Waals surface area contributed by atoms with Gasteiger partial charge < -0.3 is 14.8 Å². The van der Waals surface area contributed by atoms with Crippen molar-refractivity contribution in [3.8, 4) is 5.75 Å². The summed E-state index contributed by atoms with van der Waals surface area (Å²) >= 11 is 0. The number of esters is 1. The molecule has 0 fully saturated rings. The molecule has 0 radical (unpaired) electrons. The van der Waals surface area contributed by atoms with Crippen molar-refractivity contribution in [3.05, 3.63) is 59.7 Å². The fraction of sp³-hybridized carbons (Fsp3) is 0.273. The van der Waals surface area contributed by atoms with E-state index in [4.69, 9.17) is 9.47 Å². The first-order valence-electron chi connectivity index (χ1n) is 9.41. The first-order valence-corrected chi connectivity index (χ1v) is 9.41. The third-order valence-electron chi connectivity index (χ3n) is 3.97. The monoisotopic (exact) mass is 410 g/mol. The Morgan fingerprint density at radius 2 is 1.63 bits per heavy atom. The highest BCUT2D eigenvalue weighted by Gasteiger charge is 2.10. The first kappa shape index (κ1) is 22.5. The Morgan fingerprint density at radius 3 is 2.23 bits per heavy atom. The van der Waals surface area contributed by atoms with Gasteiger partial charge in [0.15, 0.2) is 5.78 Å². The maximum Gasteiger partial charge on any atom is 0.325 e. The van der Waals surface area contributed by atoms with Gasteiger partial charge in [-0.25, -0.2) is 4.79 Å². The predicted octanol–water partition coefficient (Wildman–Crippen LogP) is 2.72. The van der Waals surface area contributed by atoms with Gasteiger partial charge in [-0.15, -0.1) is 0 Å². The summed E-state index contributed by atoms with van der Waals surface area (Å²) in [5.41, 5.74) is 1.40. The number of nitrogens with one attached hydrogen (secondary N) is 1. The third kappa shape index (κ3) is 7.33. The molecule has 0 atom stereocenters. The van der Waals surface area contributed by atoms with Gasteiger partial charge in [0.05, 0.1) is 18.9 Å². The van der Waals surface area contributed by atoms with Gasteiger partial charge in [0.1, 0.15) is 12.3 Å². The second-order valence-electron chi connectivity index (χ2n) is 6.14. The van der Waals surface area contributed by atoms with E-state index in [1.807, 2.05) is 0 Å². The van der Waals surface area contributed by atoms with Crippen molar-refractivity contribution in [2.24, 2.45) is 4.99 Å². The molecule has 1 N–H and O–H groups in total. The van der Waals surface area contributed by atoms with Crippen molar-refractivity contribution in [2.45, 2.75) is 19.8 Å². The second-order valence-corrected chi connectivity index (χ2v) is 6.14. The molecule has 8 nitrogen and oxygen atoms in total. The lowest BCUT2D eigenvalue weighted by Gasteiger charge is -2.08. The molecule has 0 bridgehead atoms. The van der Waals surface area contributed by atoms with E-state index in [0.29, 0.717) is 35.6 Å². The maximum atomic E-state index is 12.5. The van der Waals surface area contributed by atoms with E-state index < -0.39 is 5.97 Å². The van der Waals surface area contributed by atoms with Gasteiger partial charge in [0.25, 0.3) is 0 Å². The SMILES string of the molecule is CCOC(=O)CNC(=O)CCCOc1ccc(C(=O)c2ccc(N=C=O)cc2)cc1. The van der Waals surface area contributed by atoms with Crippen molar-refractivity contribution in [2.75, 3.05) is 19.8 Å². The number of rotatable bonds is 11. The molecule has 0 unspecified atom stereocenters. The van der Waals surface area contributed by atoms with Crippen LogP contribution in [0.3, 0.4) is 0 Å². The van der Waals surface area contributed by atoms with Crippen LogP contribution in [0.25, 0.3) is 0 Å². The number of nitrogens with zero attached hydrogens (tertiary/aromatic N) is 1. The van der Waals surface area contributed by atoms with Crippen LogP contribution in [0.4, 0.5) is 5.69 Å². The van der Waals surface area contributed by atoms with Gasteiger partial charge in [0.2, 0.25) is 12.0 Å². The summed E-state index contributed by atoms with van der Waals surface area (Å²) in [5.74, 6) is -0.310. The molecule has 0 aliphatic heterocycles. The lowest BCUT2D eigenvalue weighted by Crippen LogP contribution is -2.30. The molecule has 0 spiro atoms. The Hall–Kier alpha value is -3.77. The Bertz CT molecular complexity index is 916. The summed E-state index contributed by atoms with van der Waals surface area (Å²) in [4.78, 5) is 49.0. The van der Waals surface area contributed by atoms with Crippen molar-refractivity contribution < 1.29 is 28.7 Å². The molecule has 2 aromatic rings. The average Bonchev–Trinajstić information content (AvgIpc) is 2.76. The topological polar surface area (TPSA) is 111 Å². The molecule has 0 aliphatic carbocycles. The van der Waals surface area contributed by atoms with Crippen LogP contribution in [0, 0.1) is 0 Å². The number of benzene rings is 2. The number of ether oxygens (including phenoxy) is 2. The number of carbonyl (C=O) groups is 3. The number of hydrogen-bond acceptors (Lipinski definition) is 7. The summed E-state index contributed by atoms with van der Waals surface area (Å²) in [7, 11) is 0. The Labute approximate surface area is 173 Å². The zero-order valence-corrected chi connectivity index (χ0v) is 16.6. The summed E-state index contributed by atoms with van der Waals surface area (Å²) in [5, 5.41) is 2.48. The van der Waals surface area contributed by atoms with Gasteiger partial charge in [0, 0.05) is 17.5 Å². The van der Waals surface area contributed by atoms with Crippen molar-refractivity contribution in [1.29, 1.82) is 0 Å². The quantitative estimate of drug-likeness (QED) is 0.200. The minimum Gasteiger partial charge on any atom is -0.494 e. The molecule has 2 rings (SSSR count). The lowest BCUT2D eigenvalue weighted by atomic mass is 10.0. The van der Waals surface area contributed by atoms with E-state index in [2.05, 4.69) is 10.3 Å². The molecule has 30 heavy (non-hydrogen) atoms. The van der Waals surface area contributed by atoms with Crippen LogP contribution < -0.4 is 10.1 Å². The van der Waals surface area contributed by atoms with Crippen LogP contribution in [0.5, 0.6) is 5.75 Å². The van der Waals surface area contributed by atoms with Crippen LogP contribution in [-0.4, -0.2) is 43.5 Å². The van der Waals surface area contributed by atoms with Gasteiger partial charge in [-0.05, 0) is 61.9 Å². The van der Waals surface area contributed by atoms with Gasteiger partial charge in [-0.2, -0.15) is 4.99 Å². The number of aliphatic imine (C=N–C) groups is 1. The standard InChI is InChI=1S/C22H22N2O6/c1-2-29-21(27)14-23-20(26)4-3-13-30-19-11-7-17(8-12-19)22(28)16-5-9-18(10-6-16)24-15-25/h5-12H,2-4,13-14H2,1H3,(H,23,26). The van der Waals surface area contributed by atoms with Crippen molar-refractivity contribution in [1.82, 2.24) is 5.32 Å². The predicted molar refractivity (Wildman–Crippen MR) is 108 cm³/mol. The fourth-order valence-corrected chi connectivity index (χ4v) is 2.50. The van der Waals surface area contributed by atoms with E-state index >= 15 is 0 Å². The van der Waals surface area contributed by atoms with Crippen LogP contribution >= 0.6 is 0 Å². The van der Waals surface area contributed by atoms with E-state index in [0.717, 1.165) is 0 Å². The van der Waals surface area contributed by atoms with Crippen LogP contribution in [0.15, 0.2) is 53.5 Å². The molecule has 0 aliphatic rings. The van der Waals surface area contributed by atoms with Gasteiger partial charge in [-0.3, -0.25) is 14.4 Å². The molecule has 1 amide bonds. The van der Waals surface area contributed by atoms with E-state index in [9.17, 15) is 19.2 Å². The van der Waals surface area contributed by atoms with Gasteiger partial charge >= 0.3 is 5.97 Å². The van der Waals surface area contributed by atoms with Crippen molar-refractivity contribution >= 4 is 29.4 Å². The molecule has 8 heteroatoms.